The predicted molar refractivity (Wildman–Crippen MR) is 84.0 cm³/mol. The van der Waals surface area contributed by atoms with Gasteiger partial charge < -0.3 is 14.4 Å². The third kappa shape index (κ3) is 3.73. The highest BCUT2D eigenvalue weighted by molar-refractivity contribution is 5.91. The molecule has 23 heavy (non-hydrogen) atoms. The number of hydrogen-bond acceptors (Lipinski definition) is 6. The summed E-state index contributed by atoms with van der Waals surface area (Å²) >= 11 is 0. The van der Waals surface area contributed by atoms with Crippen LogP contribution in [0.4, 0.5) is 5.88 Å². The minimum Gasteiger partial charge on any atom is -0.390 e. The largest absolute Gasteiger partial charge is 0.390 e. The van der Waals surface area contributed by atoms with E-state index >= 15 is 0 Å². The third-order valence-electron chi connectivity index (χ3n) is 4.96. The number of anilines is 1. The van der Waals surface area contributed by atoms with E-state index in [2.05, 4.69) is 15.4 Å². The molecule has 0 unspecified atom stereocenters. The van der Waals surface area contributed by atoms with Gasteiger partial charge >= 0.3 is 0 Å². The van der Waals surface area contributed by atoms with E-state index in [-0.39, 0.29) is 24.4 Å². The van der Waals surface area contributed by atoms with Gasteiger partial charge in [0.05, 0.1) is 24.4 Å². The zero-order chi connectivity index (χ0) is 16.4. The van der Waals surface area contributed by atoms with Crippen molar-refractivity contribution in [1.29, 1.82) is 0 Å². The summed E-state index contributed by atoms with van der Waals surface area (Å²) in [6, 6.07) is 1.87. The summed E-state index contributed by atoms with van der Waals surface area (Å²) in [5, 5.41) is 17.1. The maximum absolute atomic E-state index is 12.2. The highest BCUT2D eigenvalue weighted by Gasteiger charge is 2.44. The van der Waals surface area contributed by atoms with Crippen molar-refractivity contribution in [3.8, 4) is 0 Å². The average Bonchev–Trinajstić information content (AvgIpc) is 3.08. The van der Waals surface area contributed by atoms with Gasteiger partial charge in [-0.3, -0.25) is 15.0 Å². The van der Waals surface area contributed by atoms with Crippen molar-refractivity contribution in [2.45, 2.75) is 44.8 Å². The molecule has 2 saturated heterocycles. The second kappa shape index (κ2) is 6.59. The van der Waals surface area contributed by atoms with Crippen molar-refractivity contribution >= 4 is 11.8 Å². The van der Waals surface area contributed by atoms with Crippen molar-refractivity contribution < 1.29 is 19.2 Å². The van der Waals surface area contributed by atoms with Gasteiger partial charge in [-0.15, -0.1) is 0 Å². The Morgan fingerprint density at radius 3 is 3.13 bits per heavy atom. The lowest BCUT2D eigenvalue weighted by atomic mass is 9.79. The molecule has 3 atom stereocenters. The molecule has 1 amide bonds. The summed E-state index contributed by atoms with van der Waals surface area (Å²) in [5.41, 5.74) is -0.000866. The minimum atomic E-state index is -0.732. The number of nitrogens with zero attached hydrogens (tertiary/aromatic N) is 2. The molecular formula is C16H25N3O4. The fourth-order valence-electron chi connectivity index (χ4n) is 3.67. The molecule has 2 fully saturated rings. The summed E-state index contributed by atoms with van der Waals surface area (Å²) in [4.78, 5) is 14.4. The summed E-state index contributed by atoms with van der Waals surface area (Å²) < 4.78 is 10.6. The van der Waals surface area contributed by atoms with Gasteiger partial charge in [0, 0.05) is 24.6 Å². The molecule has 0 aromatic carbocycles. The van der Waals surface area contributed by atoms with Crippen molar-refractivity contribution in [2.24, 2.45) is 5.92 Å². The van der Waals surface area contributed by atoms with Crippen LogP contribution in [-0.4, -0.2) is 59.0 Å². The Morgan fingerprint density at radius 1 is 1.61 bits per heavy atom. The van der Waals surface area contributed by atoms with Crippen LogP contribution < -0.4 is 5.32 Å². The minimum absolute atomic E-state index is 0.0408. The highest BCUT2D eigenvalue weighted by atomic mass is 16.5. The van der Waals surface area contributed by atoms with Gasteiger partial charge in [0.1, 0.15) is 0 Å². The van der Waals surface area contributed by atoms with Gasteiger partial charge in [0.2, 0.25) is 11.8 Å². The molecule has 0 aliphatic carbocycles. The van der Waals surface area contributed by atoms with Gasteiger partial charge in [0.15, 0.2) is 0 Å². The molecule has 0 radical (unpaired) electrons. The maximum Gasteiger partial charge on any atom is 0.240 e. The molecule has 3 rings (SSSR count). The molecule has 0 bridgehead atoms. The molecule has 0 spiro atoms. The SMILES string of the molecule is Cc1cc(NC(=O)CN2CCC[C@@H]2[C@H]2COCC[C@@]2(C)O)on1. The Labute approximate surface area is 136 Å². The van der Waals surface area contributed by atoms with E-state index in [1.165, 1.54) is 0 Å². The number of ether oxygens (including phenoxy) is 1. The third-order valence-corrected chi connectivity index (χ3v) is 4.96. The average molecular weight is 323 g/mol. The van der Waals surface area contributed by atoms with Crippen LogP contribution in [0.2, 0.25) is 0 Å². The number of aliphatic hydroxyl groups is 1. The first-order valence-corrected chi connectivity index (χ1v) is 8.23. The Kier molecular flexibility index (Phi) is 4.70. The van der Waals surface area contributed by atoms with Crippen molar-refractivity contribution in [3.63, 3.8) is 0 Å². The molecule has 2 aliphatic heterocycles. The summed E-state index contributed by atoms with van der Waals surface area (Å²) in [6.45, 7) is 5.99. The standard InChI is InChI=1S/C16H25N3O4/c1-11-8-15(23-18-11)17-14(20)9-19-6-3-4-13(19)12-10-22-7-5-16(12,2)21/h8,12-13,21H,3-7,9-10H2,1-2H3,(H,17,20)/t12-,13-,16-/m1/s1. The maximum atomic E-state index is 12.2. The number of carbonyl (C=O) groups excluding carboxylic acids is 1. The fraction of sp³-hybridized carbons (Fsp3) is 0.750. The van der Waals surface area contributed by atoms with E-state index in [0.29, 0.717) is 25.5 Å². The normalized spacial score (nSPS) is 32.1. The summed E-state index contributed by atoms with van der Waals surface area (Å²) in [7, 11) is 0. The number of carbonyl (C=O) groups is 1. The molecule has 128 valence electrons. The van der Waals surface area contributed by atoms with Gasteiger partial charge in [-0.25, -0.2) is 0 Å². The number of aromatic nitrogens is 1. The van der Waals surface area contributed by atoms with Gasteiger partial charge in [-0.1, -0.05) is 5.16 Å². The monoisotopic (exact) mass is 323 g/mol. The van der Waals surface area contributed by atoms with E-state index in [1.807, 2.05) is 6.92 Å². The van der Waals surface area contributed by atoms with E-state index in [4.69, 9.17) is 9.26 Å². The zero-order valence-electron chi connectivity index (χ0n) is 13.7. The van der Waals surface area contributed by atoms with E-state index < -0.39 is 5.60 Å². The molecule has 1 aromatic rings. The van der Waals surface area contributed by atoms with Crippen LogP contribution in [0.5, 0.6) is 0 Å². The number of amides is 1. The summed E-state index contributed by atoms with van der Waals surface area (Å²) in [6.07, 6.45) is 2.66. The van der Waals surface area contributed by atoms with Crippen LogP contribution in [0.1, 0.15) is 31.9 Å². The fourth-order valence-corrected chi connectivity index (χ4v) is 3.67. The van der Waals surface area contributed by atoms with Crippen molar-refractivity contribution in [3.05, 3.63) is 11.8 Å². The van der Waals surface area contributed by atoms with Crippen LogP contribution >= 0.6 is 0 Å². The van der Waals surface area contributed by atoms with Gasteiger partial charge in [-0.05, 0) is 39.7 Å². The first-order valence-electron chi connectivity index (χ1n) is 8.23. The number of nitrogens with one attached hydrogen (secondary N) is 1. The van der Waals surface area contributed by atoms with Crippen LogP contribution in [0, 0.1) is 12.8 Å². The lowest BCUT2D eigenvalue weighted by Gasteiger charge is -2.43. The number of aryl methyl sites for hydroxylation is 1. The second-order valence-electron chi connectivity index (χ2n) is 6.85. The Bertz CT molecular complexity index is 557. The molecule has 0 saturated carbocycles. The lowest BCUT2D eigenvalue weighted by Crippen LogP contribution is -2.53. The zero-order valence-corrected chi connectivity index (χ0v) is 13.7. The van der Waals surface area contributed by atoms with Crippen LogP contribution in [0.15, 0.2) is 10.6 Å². The van der Waals surface area contributed by atoms with Gasteiger partial charge in [0.25, 0.3) is 0 Å². The lowest BCUT2D eigenvalue weighted by molar-refractivity contribution is -0.129. The second-order valence-corrected chi connectivity index (χ2v) is 6.85. The molecule has 7 nitrogen and oxygen atoms in total. The topological polar surface area (TPSA) is 87.8 Å². The molecule has 2 N–H and O–H groups in total. The quantitative estimate of drug-likeness (QED) is 0.865. The predicted octanol–water partition coefficient (Wildman–Crippen LogP) is 1.17. The van der Waals surface area contributed by atoms with Crippen LogP contribution in [0.25, 0.3) is 0 Å². The molecule has 2 aliphatic rings. The Balaban J connectivity index is 1.61. The van der Waals surface area contributed by atoms with Crippen LogP contribution in [0.3, 0.4) is 0 Å². The number of likely N-dealkylation sites (tertiary alicyclic amines) is 1. The molecule has 3 heterocycles. The van der Waals surface area contributed by atoms with E-state index in [0.717, 1.165) is 25.1 Å². The van der Waals surface area contributed by atoms with Crippen LogP contribution in [-0.2, 0) is 9.53 Å². The summed E-state index contributed by atoms with van der Waals surface area (Å²) in [5.74, 6) is 0.291. The molecular weight excluding hydrogens is 298 g/mol. The van der Waals surface area contributed by atoms with Gasteiger partial charge in [-0.2, -0.15) is 0 Å². The first kappa shape index (κ1) is 16.4. The smallest absolute Gasteiger partial charge is 0.240 e. The van der Waals surface area contributed by atoms with Crippen molar-refractivity contribution in [1.82, 2.24) is 10.1 Å². The Morgan fingerprint density at radius 2 is 2.43 bits per heavy atom. The Hall–Kier alpha value is -1.44. The molecule has 7 heteroatoms. The van der Waals surface area contributed by atoms with Crippen molar-refractivity contribution in [2.75, 3.05) is 31.6 Å². The first-order chi connectivity index (χ1) is 11.0. The highest BCUT2D eigenvalue weighted by Crippen LogP contribution is 2.35. The number of rotatable bonds is 4. The molecule has 1 aromatic heterocycles. The van der Waals surface area contributed by atoms with E-state index in [1.54, 1.807) is 13.0 Å². The number of hydrogen-bond donors (Lipinski definition) is 2. The van der Waals surface area contributed by atoms with E-state index in [9.17, 15) is 9.90 Å².